The van der Waals surface area contributed by atoms with Crippen LogP contribution in [0.5, 0.6) is 0 Å². The molecule has 0 aliphatic carbocycles. The Kier molecular flexibility index (Phi) is 5.96. The number of aryl methyl sites for hydroxylation is 3. The van der Waals surface area contributed by atoms with Gasteiger partial charge in [-0.15, -0.1) is 11.3 Å². The van der Waals surface area contributed by atoms with Crippen molar-refractivity contribution in [3.63, 3.8) is 0 Å². The Hall–Kier alpha value is -2.07. The van der Waals surface area contributed by atoms with Gasteiger partial charge in [0.15, 0.2) is 0 Å². The quantitative estimate of drug-likeness (QED) is 0.534. The van der Waals surface area contributed by atoms with Gasteiger partial charge in [-0.2, -0.15) is 0 Å². The van der Waals surface area contributed by atoms with E-state index in [2.05, 4.69) is 9.44 Å². The molecule has 1 heterocycles. The fraction of sp³-hybridized carbons (Fsp3) is 0.158. The topological polar surface area (TPSA) is 92.3 Å². The van der Waals surface area contributed by atoms with Crippen LogP contribution in [-0.2, 0) is 20.0 Å². The second-order valence-electron chi connectivity index (χ2n) is 6.57. The van der Waals surface area contributed by atoms with E-state index >= 15 is 0 Å². The van der Waals surface area contributed by atoms with Crippen molar-refractivity contribution in [1.29, 1.82) is 0 Å². The van der Waals surface area contributed by atoms with Gasteiger partial charge in [-0.25, -0.2) is 16.8 Å². The van der Waals surface area contributed by atoms with Gasteiger partial charge in [0.25, 0.3) is 20.0 Å². The molecule has 6 nitrogen and oxygen atoms in total. The largest absolute Gasteiger partial charge is 0.279 e. The van der Waals surface area contributed by atoms with E-state index in [1.54, 1.807) is 0 Å². The first-order chi connectivity index (χ1) is 13.5. The third-order valence-corrected chi connectivity index (χ3v) is 8.61. The minimum atomic E-state index is -3.82. The van der Waals surface area contributed by atoms with E-state index in [0.717, 1.165) is 28.0 Å². The molecule has 0 aliphatic heterocycles. The first-order valence-corrected chi connectivity index (χ1v) is 12.6. The summed E-state index contributed by atoms with van der Waals surface area (Å²) in [5, 5.41) is 0. The molecule has 2 N–H and O–H groups in total. The first-order valence-electron chi connectivity index (χ1n) is 8.47. The van der Waals surface area contributed by atoms with Crippen molar-refractivity contribution in [3.8, 4) is 0 Å². The van der Waals surface area contributed by atoms with E-state index < -0.39 is 20.0 Å². The van der Waals surface area contributed by atoms with E-state index in [0.29, 0.717) is 10.0 Å². The maximum Gasteiger partial charge on any atom is 0.271 e. The smallest absolute Gasteiger partial charge is 0.271 e. The van der Waals surface area contributed by atoms with E-state index in [-0.39, 0.29) is 14.8 Å². The van der Waals surface area contributed by atoms with Crippen molar-refractivity contribution in [3.05, 3.63) is 69.6 Å². The fourth-order valence-corrected chi connectivity index (χ4v) is 6.63. The molecule has 29 heavy (non-hydrogen) atoms. The van der Waals surface area contributed by atoms with Crippen LogP contribution >= 0.6 is 22.9 Å². The van der Waals surface area contributed by atoms with Gasteiger partial charge >= 0.3 is 0 Å². The highest BCUT2D eigenvalue weighted by molar-refractivity contribution is 7.94. The number of halogens is 1. The van der Waals surface area contributed by atoms with Gasteiger partial charge in [-0.1, -0.05) is 29.3 Å². The number of hydrogen-bond acceptors (Lipinski definition) is 5. The van der Waals surface area contributed by atoms with Crippen molar-refractivity contribution in [2.75, 3.05) is 9.44 Å². The molecule has 1 aromatic heterocycles. The molecule has 10 heteroatoms. The number of thiophene rings is 1. The summed E-state index contributed by atoms with van der Waals surface area (Å²) in [5.74, 6) is 0. The highest BCUT2D eigenvalue weighted by Crippen LogP contribution is 2.28. The molecule has 0 fully saturated rings. The van der Waals surface area contributed by atoms with E-state index in [1.807, 2.05) is 32.9 Å². The highest BCUT2D eigenvalue weighted by atomic mass is 35.5. The van der Waals surface area contributed by atoms with Crippen LogP contribution in [0.1, 0.15) is 16.7 Å². The van der Waals surface area contributed by atoms with Crippen LogP contribution in [0.25, 0.3) is 0 Å². The van der Waals surface area contributed by atoms with E-state index in [1.165, 1.54) is 36.4 Å². The molecule has 0 atom stereocenters. The molecule has 3 rings (SSSR count). The maximum absolute atomic E-state index is 12.7. The Morgan fingerprint density at radius 3 is 1.90 bits per heavy atom. The molecule has 0 bridgehead atoms. The number of anilines is 2. The number of rotatable bonds is 6. The van der Waals surface area contributed by atoms with Crippen LogP contribution in [0.4, 0.5) is 11.4 Å². The Bertz CT molecular complexity index is 1240. The van der Waals surface area contributed by atoms with Crippen molar-refractivity contribution in [2.45, 2.75) is 29.9 Å². The fourth-order valence-electron chi connectivity index (χ4n) is 2.88. The van der Waals surface area contributed by atoms with Crippen LogP contribution in [0.15, 0.2) is 57.6 Å². The Morgan fingerprint density at radius 1 is 0.793 bits per heavy atom. The number of nitrogens with one attached hydrogen (secondary N) is 2. The molecule has 0 unspecified atom stereocenters. The van der Waals surface area contributed by atoms with Crippen LogP contribution in [-0.4, -0.2) is 16.8 Å². The molecule has 2 aromatic carbocycles. The summed E-state index contributed by atoms with van der Waals surface area (Å²) in [6, 6.07) is 12.2. The van der Waals surface area contributed by atoms with Gasteiger partial charge in [0.1, 0.15) is 4.21 Å². The second kappa shape index (κ2) is 7.98. The summed E-state index contributed by atoms with van der Waals surface area (Å²) >= 11 is 6.73. The van der Waals surface area contributed by atoms with Crippen molar-refractivity contribution in [1.82, 2.24) is 0 Å². The van der Waals surface area contributed by atoms with Crippen molar-refractivity contribution < 1.29 is 16.8 Å². The van der Waals surface area contributed by atoms with Gasteiger partial charge in [-0.3, -0.25) is 9.44 Å². The average Bonchev–Trinajstić information content (AvgIpc) is 3.06. The maximum atomic E-state index is 12.7. The van der Waals surface area contributed by atoms with Crippen LogP contribution in [0.2, 0.25) is 4.34 Å². The molecule has 154 valence electrons. The lowest BCUT2D eigenvalue weighted by atomic mass is 10.1. The van der Waals surface area contributed by atoms with Crippen molar-refractivity contribution in [2.24, 2.45) is 0 Å². The summed E-state index contributed by atoms with van der Waals surface area (Å²) in [5.41, 5.74) is 3.48. The summed E-state index contributed by atoms with van der Waals surface area (Å²) in [6.07, 6.45) is 0. The monoisotopic (exact) mass is 470 g/mol. The molecular weight excluding hydrogens is 452 g/mol. The van der Waals surface area contributed by atoms with Gasteiger partial charge in [-0.05, 0) is 68.3 Å². The lowest BCUT2D eigenvalue weighted by molar-refractivity contribution is 0.600. The zero-order chi connectivity index (χ0) is 21.4. The van der Waals surface area contributed by atoms with E-state index in [9.17, 15) is 16.8 Å². The predicted octanol–water partition coefficient (Wildman–Crippen LogP) is 4.93. The van der Waals surface area contributed by atoms with Gasteiger partial charge in [0.2, 0.25) is 0 Å². The lowest BCUT2D eigenvalue weighted by Crippen LogP contribution is -2.15. The second-order valence-corrected chi connectivity index (χ2v) is 11.9. The minimum absolute atomic E-state index is 0.0268. The Labute approximate surface area is 179 Å². The minimum Gasteiger partial charge on any atom is -0.279 e. The van der Waals surface area contributed by atoms with Crippen LogP contribution in [0.3, 0.4) is 0 Å². The summed E-state index contributed by atoms with van der Waals surface area (Å²) in [7, 11) is -7.61. The molecule has 0 spiro atoms. The molecule has 3 aromatic rings. The Morgan fingerprint density at radius 2 is 1.38 bits per heavy atom. The van der Waals surface area contributed by atoms with E-state index in [4.69, 9.17) is 11.6 Å². The molecule has 0 aliphatic rings. The van der Waals surface area contributed by atoms with Crippen LogP contribution < -0.4 is 9.44 Å². The summed E-state index contributed by atoms with van der Waals surface area (Å²) in [4.78, 5) is 0.0268. The number of hydrogen-bond donors (Lipinski definition) is 2. The standard InChI is InChI=1S/C19H19ClN2O4S3/c1-12-10-13(2)19(14(3)11-12)22-28(23,24)16-6-4-15(5-7-16)21-29(25,26)18-9-8-17(20)27-18/h4-11,21-22H,1-3H3. The molecular formula is C19H19ClN2O4S3. The predicted molar refractivity (Wildman–Crippen MR) is 118 cm³/mol. The molecule has 0 saturated heterocycles. The third-order valence-electron chi connectivity index (χ3n) is 4.14. The van der Waals surface area contributed by atoms with Gasteiger partial charge < -0.3 is 0 Å². The molecule has 0 amide bonds. The number of benzene rings is 2. The lowest BCUT2D eigenvalue weighted by Gasteiger charge is -2.14. The first kappa shape index (κ1) is 21.6. The Balaban J connectivity index is 1.82. The summed E-state index contributed by atoms with van der Waals surface area (Å²) < 4.78 is 55.7. The van der Waals surface area contributed by atoms with Gasteiger partial charge in [0, 0.05) is 5.69 Å². The summed E-state index contributed by atoms with van der Waals surface area (Å²) in [6.45, 7) is 5.63. The number of sulfonamides is 2. The zero-order valence-corrected chi connectivity index (χ0v) is 19.1. The SMILES string of the molecule is Cc1cc(C)c(NS(=O)(=O)c2ccc(NS(=O)(=O)c3ccc(Cl)s3)cc2)c(C)c1. The third kappa shape index (κ3) is 4.92. The van der Waals surface area contributed by atoms with Crippen LogP contribution in [0, 0.1) is 20.8 Å². The zero-order valence-electron chi connectivity index (χ0n) is 15.9. The van der Waals surface area contributed by atoms with Crippen molar-refractivity contribution >= 4 is 54.4 Å². The van der Waals surface area contributed by atoms with Gasteiger partial charge in [0.05, 0.1) is 14.9 Å². The average molecular weight is 471 g/mol. The molecule has 0 saturated carbocycles. The molecule has 0 radical (unpaired) electrons. The normalized spacial score (nSPS) is 12.0. The highest BCUT2D eigenvalue weighted by Gasteiger charge is 2.19.